The number of hydrogen-bond acceptors (Lipinski definition) is 3. The monoisotopic (exact) mass is 320 g/mol. The molecule has 1 aromatic heterocycles. The Balaban J connectivity index is 1.90. The van der Waals surface area contributed by atoms with E-state index in [1.165, 1.54) is 11.1 Å². The maximum Gasteiger partial charge on any atom is 0.416 e. The average Bonchev–Trinajstić information content (AvgIpc) is 3.08. The molecule has 0 unspecified atom stereocenters. The summed E-state index contributed by atoms with van der Waals surface area (Å²) < 4.78 is 14.5. The first-order chi connectivity index (χ1) is 11.0. The van der Waals surface area contributed by atoms with E-state index in [0.29, 0.717) is 16.6 Å². The second-order valence-corrected chi connectivity index (χ2v) is 5.52. The normalized spacial score (nSPS) is 20.9. The van der Waals surface area contributed by atoms with Gasteiger partial charge in [-0.2, -0.15) is 0 Å². The number of hydrogen-bond donors (Lipinski definition) is 3. The largest absolute Gasteiger partial charge is 0.464 e. The average molecular weight is 320 g/mol. The third-order valence-electron chi connectivity index (χ3n) is 4.06. The van der Waals surface area contributed by atoms with Gasteiger partial charge >= 0.3 is 12.1 Å². The Kier molecular flexibility index (Phi) is 3.91. The lowest BCUT2D eigenvalue weighted by molar-refractivity contribution is 0.197. The number of fused-ring (bicyclic) bond motifs is 1. The molecule has 8 heteroatoms. The minimum absolute atomic E-state index is 0.00866. The van der Waals surface area contributed by atoms with Gasteiger partial charge in [-0.15, -0.1) is 0 Å². The SMILES string of the molecule is NC[C@@H]1C[C@@H](F)CN1C(=O)Nc1cn(C(=O)O)c2ccccc12. The van der Waals surface area contributed by atoms with Crippen LogP contribution < -0.4 is 11.1 Å². The third kappa shape index (κ3) is 2.72. The molecule has 2 atom stereocenters. The number of amides is 2. The number of rotatable bonds is 2. The number of nitrogens with one attached hydrogen (secondary N) is 1. The maximum absolute atomic E-state index is 13.5. The van der Waals surface area contributed by atoms with Crippen molar-refractivity contribution in [3.8, 4) is 0 Å². The number of para-hydroxylation sites is 1. The molecule has 2 heterocycles. The molecular formula is C15H17FN4O3. The van der Waals surface area contributed by atoms with Gasteiger partial charge in [0.15, 0.2) is 0 Å². The molecule has 1 aliphatic heterocycles. The second kappa shape index (κ2) is 5.88. The van der Waals surface area contributed by atoms with Crippen molar-refractivity contribution in [3.05, 3.63) is 30.5 Å². The fourth-order valence-corrected chi connectivity index (χ4v) is 2.96. The summed E-state index contributed by atoms with van der Waals surface area (Å²) in [4.78, 5) is 25.0. The first kappa shape index (κ1) is 15.3. The number of aromatic nitrogens is 1. The Morgan fingerprint density at radius 1 is 1.39 bits per heavy atom. The van der Waals surface area contributed by atoms with E-state index in [2.05, 4.69) is 5.32 Å². The molecule has 0 bridgehead atoms. The Hall–Kier alpha value is -2.61. The molecule has 2 amide bonds. The van der Waals surface area contributed by atoms with Crippen molar-refractivity contribution in [2.75, 3.05) is 18.4 Å². The van der Waals surface area contributed by atoms with Crippen LogP contribution in [-0.4, -0.2) is 52.0 Å². The molecule has 7 nitrogen and oxygen atoms in total. The topological polar surface area (TPSA) is 101 Å². The summed E-state index contributed by atoms with van der Waals surface area (Å²) in [6.07, 6.45) is -0.673. The van der Waals surface area contributed by atoms with Gasteiger partial charge in [-0.05, 0) is 6.07 Å². The first-order valence-electron chi connectivity index (χ1n) is 7.26. The highest BCUT2D eigenvalue weighted by Crippen LogP contribution is 2.27. The zero-order valence-electron chi connectivity index (χ0n) is 12.3. The number of likely N-dealkylation sites (tertiary alicyclic amines) is 1. The fraction of sp³-hybridized carbons (Fsp3) is 0.333. The lowest BCUT2D eigenvalue weighted by Crippen LogP contribution is -2.42. The molecule has 1 saturated heterocycles. The predicted molar refractivity (Wildman–Crippen MR) is 83.4 cm³/mol. The number of benzene rings is 1. The molecule has 1 aliphatic rings. The molecule has 1 fully saturated rings. The molecule has 0 aliphatic carbocycles. The summed E-state index contributed by atoms with van der Waals surface area (Å²) >= 11 is 0. The molecule has 2 aromatic rings. The number of anilines is 1. The van der Waals surface area contributed by atoms with Crippen molar-refractivity contribution in [1.29, 1.82) is 0 Å². The highest BCUT2D eigenvalue weighted by Gasteiger charge is 2.34. The van der Waals surface area contributed by atoms with Crippen molar-refractivity contribution < 1.29 is 19.1 Å². The summed E-state index contributed by atoms with van der Waals surface area (Å²) in [6, 6.07) is 6.00. The molecule has 0 saturated carbocycles. The van der Waals surface area contributed by atoms with Crippen LogP contribution in [0.5, 0.6) is 0 Å². The van der Waals surface area contributed by atoms with Gasteiger partial charge in [-0.25, -0.2) is 14.0 Å². The fourth-order valence-electron chi connectivity index (χ4n) is 2.96. The molecule has 3 rings (SSSR count). The summed E-state index contributed by atoms with van der Waals surface area (Å²) in [5, 5.41) is 12.5. The van der Waals surface area contributed by atoms with Crippen LogP contribution in [0.15, 0.2) is 30.5 Å². The summed E-state index contributed by atoms with van der Waals surface area (Å²) in [6.45, 7) is 0.177. The van der Waals surface area contributed by atoms with E-state index in [0.717, 1.165) is 4.57 Å². The van der Waals surface area contributed by atoms with Gasteiger partial charge in [-0.1, -0.05) is 18.2 Å². The van der Waals surface area contributed by atoms with E-state index in [1.807, 2.05) is 0 Å². The minimum atomic E-state index is -1.15. The number of carbonyl (C=O) groups excluding carboxylic acids is 1. The first-order valence-corrected chi connectivity index (χ1v) is 7.26. The van der Waals surface area contributed by atoms with Gasteiger partial charge in [0.1, 0.15) is 6.17 Å². The van der Waals surface area contributed by atoms with E-state index in [1.54, 1.807) is 24.3 Å². The number of nitrogens with two attached hydrogens (primary N) is 1. The Labute approximate surface area is 131 Å². The molecule has 23 heavy (non-hydrogen) atoms. The Morgan fingerprint density at radius 3 is 2.83 bits per heavy atom. The third-order valence-corrected chi connectivity index (χ3v) is 4.06. The van der Waals surface area contributed by atoms with E-state index >= 15 is 0 Å². The Morgan fingerprint density at radius 2 is 2.13 bits per heavy atom. The van der Waals surface area contributed by atoms with E-state index < -0.39 is 18.3 Å². The minimum Gasteiger partial charge on any atom is -0.464 e. The second-order valence-electron chi connectivity index (χ2n) is 5.52. The number of urea groups is 1. The number of carboxylic acid groups (broad SMARTS) is 1. The van der Waals surface area contributed by atoms with Crippen molar-refractivity contribution in [2.24, 2.45) is 5.73 Å². The van der Waals surface area contributed by atoms with Crippen LogP contribution in [-0.2, 0) is 0 Å². The van der Waals surface area contributed by atoms with Crippen LogP contribution in [0.3, 0.4) is 0 Å². The van der Waals surface area contributed by atoms with Gasteiger partial charge in [0.05, 0.1) is 17.7 Å². The Bertz CT molecular complexity index is 760. The standard InChI is InChI=1S/C15H17FN4O3/c16-9-5-10(6-17)19(7-9)14(21)18-12-8-20(15(22)23)13-4-2-1-3-11(12)13/h1-4,8-10H,5-7,17H2,(H,18,21)(H,22,23)/t9-,10+/m1/s1. The van der Waals surface area contributed by atoms with Crippen LogP contribution in [0.4, 0.5) is 19.7 Å². The number of carbonyl (C=O) groups is 2. The smallest absolute Gasteiger partial charge is 0.416 e. The van der Waals surface area contributed by atoms with Gasteiger partial charge in [0, 0.05) is 30.6 Å². The van der Waals surface area contributed by atoms with E-state index in [-0.39, 0.29) is 25.6 Å². The molecule has 122 valence electrons. The van der Waals surface area contributed by atoms with Gasteiger partial charge < -0.3 is 21.1 Å². The van der Waals surface area contributed by atoms with Crippen molar-refractivity contribution in [2.45, 2.75) is 18.6 Å². The number of nitrogens with zero attached hydrogens (tertiary/aromatic N) is 2. The molecular weight excluding hydrogens is 303 g/mol. The van der Waals surface area contributed by atoms with Crippen LogP contribution in [0.2, 0.25) is 0 Å². The maximum atomic E-state index is 13.5. The van der Waals surface area contributed by atoms with Gasteiger partial charge in [0.2, 0.25) is 0 Å². The van der Waals surface area contributed by atoms with Gasteiger partial charge in [-0.3, -0.25) is 4.57 Å². The molecule has 0 spiro atoms. The zero-order valence-corrected chi connectivity index (χ0v) is 12.3. The zero-order chi connectivity index (χ0) is 16.6. The lowest BCUT2D eigenvalue weighted by atomic mass is 10.2. The number of alkyl halides is 1. The summed E-state index contributed by atoms with van der Waals surface area (Å²) in [7, 11) is 0. The highest BCUT2D eigenvalue weighted by atomic mass is 19.1. The van der Waals surface area contributed by atoms with Crippen LogP contribution in [0, 0.1) is 0 Å². The van der Waals surface area contributed by atoms with Crippen molar-refractivity contribution >= 4 is 28.7 Å². The molecule has 1 aromatic carbocycles. The van der Waals surface area contributed by atoms with E-state index in [4.69, 9.17) is 5.73 Å². The van der Waals surface area contributed by atoms with Crippen molar-refractivity contribution in [3.63, 3.8) is 0 Å². The predicted octanol–water partition coefficient (Wildman–Crippen LogP) is 2.07. The van der Waals surface area contributed by atoms with Gasteiger partial charge in [0.25, 0.3) is 0 Å². The lowest BCUT2D eigenvalue weighted by Gasteiger charge is -2.23. The molecule has 4 N–H and O–H groups in total. The van der Waals surface area contributed by atoms with E-state index in [9.17, 15) is 19.1 Å². The van der Waals surface area contributed by atoms with Crippen LogP contribution in [0.25, 0.3) is 10.9 Å². The summed E-state index contributed by atoms with van der Waals surface area (Å²) in [5.74, 6) is 0. The quantitative estimate of drug-likeness (QED) is 0.788. The summed E-state index contributed by atoms with van der Waals surface area (Å²) in [5.41, 5.74) is 6.42. The number of halogens is 1. The van der Waals surface area contributed by atoms with Crippen LogP contribution in [0.1, 0.15) is 6.42 Å². The van der Waals surface area contributed by atoms with Crippen LogP contribution >= 0.6 is 0 Å². The highest BCUT2D eigenvalue weighted by molar-refractivity contribution is 6.04. The van der Waals surface area contributed by atoms with Crippen molar-refractivity contribution in [1.82, 2.24) is 9.47 Å². The molecule has 0 radical (unpaired) electrons.